The lowest BCUT2D eigenvalue weighted by Crippen LogP contribution is -2.11. The number of aryl methyl sites for hydroxylation is 2. The highest BCUT2D eigenvalue weighted by Crippen LogP contribution is 2.29. The van der Waals surface area contributed by atoms with Gasteiger partial charge in [-0.15, -0.1) is 11.6 Å². The number of carbonyl (C=O) groups excluding carboxylic acids is 1. The summed E-state index contributed by atoms with van der Waals surface area (Å²) in [4.78, 5) is 11.4. The Balaban J connectivity index is 1.80. The molecule has 0 aliphatic rings. The number of nitrogens with one attached hydrogen (secondary N) is 1. The lowest BCUT2D eigenvalue weighted by molar-refractivity contribution is -0.131. The lowest BCUT2D eigenvalue weighted by atomic mass is 10.1. The van der Waals surface area contributed by atoms with E-state index in [9.17, 15) is 4.79 Å². The SMILES string of the molecule is Cc1cc(Nc2ccn(-c3ccccc3)n2)cc(C)c1OC(=O)CCl. The highest BCUT2D eigenvalue weighted by molar-refractivity contribution is 6.26. The smallest absolute Gasteiger partial charge is 0.326 e. The van der Waals surface area contributed by atoms with Crippen molar-refractivity contribution in [2.24, 2.45) is 0 Å². The molecule has 0 fully saturated rings. The largest absolute Gasteiger partial charge is 0.425 e. The molecule has 0 aliphatic heterocycles. The molecule has 1 heterocycles. The van der Waals surface area contributed by atoms with Crippen LogP contribution in [0.25, 0.3) is 5.69 Å². The molecule has 0 bridgehead atoms. The molecule has 0 saturated heterocycles. The van der Waals surface area contributed by atoms with Gasteiger partial charge in [0.2, 0.25) is 0 Å². The molecular formula is C19H18ClN3O2. The Kier molecular flexibility index (Phi) is 5.05. The zero-order valence-electron chi connectivity index (χ0n) is 14.0. The monoisotopic (exact) mass is 355 g/mol. The van der Waals surface area contributed by atoms with Gasteiger partial charge in [0.1, 0.15) is 11.6 Å². The van der Waals surface area contributed by atoms with Crippen molar-refractivity contribution < 1.29 is 9.53 Å². The molecule has 0 unspecified atom stereocenters. The van der Waals surface area contributed by atoms with Crippen molar-refractivity contribution in [2.45, 2.75) is 13.8 Å². The van der Waals surface area contributed by atoms with Crippen LogP contribution in [0.1, 0.15) is 11.1 Å². The topological polar surface area (TPSA) is 56.1 Å². The quantitative estimate of drug-likeness (QED) is 0.419. The number of hydrogen-bond acceptors (Lipinski definition) is 4. The normalized spacial score (nSPS) is 10.5. The van der Waals surface area contributed by atoms with Crippen molar-refractivity contribution in [1.29, 1.82) is 0 Å². The number of hydrogen-bond donors (Lipinski definition) is 1. The van der Waals surface area contributed by atoms with Gasteiger partial charge in [-0.1, -0.05) is 18.2 Å². The van der Waals surface area contributed by atoms with Gasteiger partial charge in [-0.3, -0.25) is 4.79 Å². The van der Waals surface area contributed by atoms with Crippen molar-refractivity contribution in [3.05, 3.63) is 65.9 Å². The first kappa shape index (κ1) is 17.0. The first-order chi connectivity index (χ1) is 12.1. The maximum Gasteiger partial charge on any atom is 0.326 e. The molecule has 0 aliphatic carbocycles. The number of nitrogens with zero attached hydrogens (tertiary/aromatic N) is 2. The minimum absolute atomic E-state index is 0.171. The van der Waals surface area contributed by atoms with E-state index in [1.54, 1.807) is 4.68 Å². The lowest BCUT2D eigenvalue weighted by Gasteiger charge is -2.12. The molecule has 3 rings (SSSR count). The third kappa shape index (κ3) is 4.00. The number of anilines is 2. The van der Waals surface area contributed by atoms with Gasteiger partial charge in [-0.05, 0) is 49.2 Å². The van der Waals surface area contributed by atoms with E-state index in [0.717, 1.165) is 28.3 Å². The fourth-order valence-corrected chi connectivity index (χ4v) is 2.64. The van der Waals surface area contributed by atoms with Crippen molar-refractivity contribution >= 4 is 29.1 Å². The van der Waals surface area contributed by atoms with Crippen LogP contribution in [0.4, 0.5) is 11.5 Å². The first-order valence-electron chi connectivity index (χ1n) is 7.83. The Morgan fingerprint density at radius 3 is 2.48 bits per heavy atom. The molecule has 6 heteroatoms. The Labute approximate surface area is 151 Å². The van der Waals surface area contributed by atoms with Gasteiger partial charge < -0.3 is 10.1 Å². The van der Waals surface area contributed by atoms with Crippen LogP contribution in [0, 0.1) is 13.8 Å². The maximum absolute atomic E-state index is 11.4. The number of aromatic nitrogens is 2. The fourth-order valence-electron chi connectivity index (χ4n) is 2.59. The summed E-state index contributed by atoms with van der Waals surface area (Å²) in [6, 6.07) is 15.6. The summed E-state index contributed by atoms with van der Waals surface area (Å²) in [6.07, 6.45) is 1.90. The molecule has 3 aromatic rings. The molecule has 128 valence electrons. The average Bonchev–Trinajstić information content (AvgIpc) is 3.07. The number of halogens is 1. The van der Waals surface area contributed by atoms with E-state index in [1.165, 1.54) is 0 Å². The number of carbonyl (C=O) groups is 1. The van der Waals surface area contributed by atoms with Gasteiger partial charge >= 0.3 is 5.97 Å². The van der Waals surface area contributed by atoms with Crippen LogP contribution in [-0.2, 0) is 4.79 Å². The van der Waals surface area contributed by atoms with E-state index >= 15 is 0 Å². The van der Waals surface area contributed by atoms with E-state index in [1.807, 2.05) is 68.6 Å². The third-order valence-electron chi connectivity index (χ3n) is 3.67. The number of alkyl halides is 1. The summed E-state index contributed by atoms with van der Waals surface area (Å²) in [6.45, 7) is 3.77. The minimum Gasteiger partial charge on any atom is -0.425 e. The Morgan fingerprint density at radius 1 is 1.16 bits per heavy atom. The van der Waals surface area contributed by atoms with E-state index in [2.05, 4.69) is 10.4 Å². The number of para-hydroxylation sites is 1. The Hall–Kier alpha value is -2.79. The van der Waals surface area contributed by atoms with Gasteiger partial charge in [-0.2, -0.15) is 5.10 Å². The summed E-state index contributed by atoms with van der Waals surface area (Å²) in [5.41, 5.74) is 3.57. The molecule has 2 aromatic carbocycles. The summed E-state index contributed by atoms with van der Waals surface area (Å²) >= 11 is 5.50. The van der Waals surface area contributed by atoms with Crippen LogP contribution in [0.2, 0.25) is 0 Å². The second-order valence-corrected chi connectivity index (χ2v) is 5.92. The van der Waals surface area contributed by atoms with Crippen molar-refractivity contribution in [3.63, 3.8) is 0 Å². The van der Waals surface area contributed by atoms with Gasteiger partial charge in [0, 0.05) is 18.0 Å². The number of rotatable bonds is 5. The van der Waals surface area contributed by atoms with Gasteiger partial charge in [-0.25, -0.2) is 4.68 Å². The molecule has 5 nitrogen and oxygen atoms in total. The highest BCUT2D eigenvalue weighted by Gasteiger charge is 2.11. The van der Waals surface area contributed by atoms with E-state index in [4.69, 9.17) is 16.3 Å². The molecular weight excluding hydrogens is 338 g/mol. The second-order valence-electron chi connectivity index (χ2n) is 5.65. The number of esters is 1. The van der Waals surface area contributed by atoms with Crippen LogP contribution in [-0.4, -0.2) is 21.6 Å². The molecule has 1 N–H and O–H groups in total. The number of benzene rings is 2. The molecule has 0 atom stereocenters. The number of ether oxygens (including phenoxy) is 1. The molecule has 0 saturated carbocycles. The average molecular weight is 356 g/mol. The van der Waals surface area contributed by atoms with Crippen LogP contribution >= 0.6 is 11.6 Å². The maximum atomic E-state index is 11.4. The molecule has 0 spiro atoms. The predicted octanol–water partition coefficient (Wildman–Crippen LogP) is 4.38. The van der Waals surface area contributed by atoms with Gasteiger partial charge in [0.15, 0.2) is 5.82 Å². The summed E-state index contributed by atoms with van der Waals surface area (Å²) < 4.78 is 7.08. The van der Waals surface area contributed by atoms with Gasteiger partial charge in [0.05, 0.1) is 5.69 Å². The highest BCUT2D eigenvalue weighted by atomic mass is 35.5. The van der Waals surface area contributed by atoms with Crippen LogP contribution < -0.4 is 10.1 Å². The van der Waals surface area contributed by atoms with Crippen molar-refractivity contribution in [3.8, 4) is 11.4 Å². The van der Waals surface area contributed by atoms with E-state index < -0.39 is 5.97 Å². The van der Waals surface area contributed by atoms with Crippen molar-refractivity contribution in [2.75, 3.05) is 11.2 Å². The fraction of sp³-hybridized carbons (Fsp3) is 0.158. The predicted molar refractivity (Wildman–Crippen MR) is 99.1 cm³/mol. The third-order valence-corrected chi connectivity index (χ3v) is 3.89. The van der Waals surface area contributed by atoms with Crippen LogP contribution in [0.15, 0.2) is 54.7 Å². The molecule has 0 radical (unpaired) electrons. The minimum atomic E-state index is -0.463. The molecule has 1 aromatic heterocycles. The van der Waals surface area contributed by atoms with E-state index in [-0.39, 0.29) is 5.88 Å². The zero-order chi connectivity index (χ0) is 17.8. The van der Waals surface area contributed by atoms with Crippen LogP contribution in [0.3, 0.4) is 0 Å². The summed E-state index contributed by atoms with van der Waals surface area (Å²) in [7, 11) is 0. The second kappa shape index (κ2) is 7.40. The van der Waals surface area contributed by atoms with Crippen molar-refractivity contribution in [1.82, 2.24) is 9.78 Å². The molecule has 25 heavy (non-hydrogen) atoms. The van der Waals surface area contributed by atoms with Gasteiger partial charge in [0.25, 0.3) is 0 Å². The molecule has 0 amide bonds. The Bertz CT molecular complexity index is 868. The van der Waals surface area contributed by atoms with Crippen LogP contribution in [0.5, 0.6) is 5.75 Å². The zero-order valence-corrected chi connectivity index (χ0v) is 14.7. The summed E-state index contributed by atoms with van der Waals surface area (Å²) in [5, 5.41) is 7.79. The van der Waals surface area contributed by atoms with E-state index in [0.29, 0.717) is 5.75 Å². The Morgan fingerprint density at radius 2 is 1.84 bits per heavy atom. The standard InChI is InChI=1S/C19H18ClN3O2/c1-13-10-15(11-14(2)19(13)25-18(24)12-20)21-17-8-9-23(22-17)16-6-4-3-5-7-16/h3-11H,12H2,1-2H3,(H,21,22). The summed E-state index contributed by atoms with van der Waals surface area (Å²) in [5.74, 6) is 0.643. The first-order valence-corrected chi connectivity index (χ1v) is 8.36.